The van der Waals surface area contributed by atoms with Crippen LogP contribution in [0, 0.1) is 6.92 Å². The zero-order chi connectivity index (χ0) is 15.1. The number of esters is 1. The molecule has 0 saturated heterocycles. The Morgan fingerprint density at radius 2 is 2.19 bits per heavy atom. The number of rotatable bonds is 3. The first kappa shape index (κ1) is 13.7. The van der Waals surface area contributed by atoms with Crippen LogP contribution in [-0.4, -0.2) is 18.2 Å². The summed E-state index contributed by atoms with van der Waals surface area (Å²) in [6.45, 7) is 6.05. The molecule has 3 rings (SSSR count). The number of phenolic OH excluding ortho intramolecular Hbond substituents is 1. The highest BCUT2D eigenvalue weighted by molar-refractivity contribution is 5.98. The molecule has 1 aliphatic carbocycles. The molecular formula is C17H18O4. The molecule has 0 unspecified atom stereocenters. The van der Waals surface area contributed by atoms with Crippen LogP contribution >= 0.6 is 0 Å². The highest BCUT2D eigenvalue weighted by atomic mass is 16.5. The van der Waals surface area contributed by atoms with Crippen molar-refractivity contribution in [3.8, 4) is 11.5 Å². The molecule has 0 radical (unpaired) electrons. The van der Waals surface area contributed by atoms with Gasteiger partial charge in [0.1, 0.15) is 23.7 Å². The molecule has 0 spiro atoms. The number of phenols is 1. The fourth-order valence-corrected chi connectivity index (χ4v) is 3.12. The fourth-order valence-electron chi connectivity index (χ4n) is 3.12. The van der Waals surface area contributed by atoms with Crippen molar-refractivity contribution in [2.75, 3.05) is 7.11 Å². The van der Waals surface area contributed by atoms with Gasteiger partial charge in [0.15, 0.2) is 0 Å². The summed E-state index contributed by atoms with van der Waals surface area (Å²) in [6.07, 6.45) is 4.50. The second kappa shape index (κ2) is 4.95. The van der Waals surface area contributed by atoms with E-state index in [2.05, 4.69) is 12.7 Å². The molecule has 4 heteroatoms. The maximum atomic E-state index is 11.8. The van der Waals surface area contributed by atoms with Crippen LogP contribution in [0.25, 0.3) is 0 Å². The number of hydrogen-bond donors (Lipinski definition) is 1. The van der Waals surface area contributed by atoms with E-state index in [1.807, 2.05) is 6.92 Å². The molecule has 0 bridgehead atoms. The Balaban J connectivity index is 2.13. The van der Waals surface area contributed by atoms with Gasteiger partial charge in [0.2, 0.25) is 0 Å². The van der Waals surface area contributed by atoms with E-state index in [0.29, 0.717) is 23.3 Å². The van der Waals surface area contributed by atoms with E-state index < -0.39 is 5.97 Å². The lowest BCUT2D eigenvalue weighted by atomic mass is 9.93. The van der Waals surface area contributed by atoms with Crippen molar-refractivity contribution in [1.82, 2.24) is 0 Å². The van der Waals surface area contributed by atoms with E-state index in [1.54, 1.807) is 7.11 Å². The van der Waals surface area contributed by atoms with Crippen molar-refractivity contribution < 1.29 is 19.4 Å². The Morgan fingerprint density at radius 3 is 2.81 bits per heavy atom. The maximum absolute atomic E-state index is 11.8. The highest BCUT2D eigenvalue weighted by Crippen LogP contribution is 2.43. The minimum Gasteiger partial charge on any atom is -0.507 e. The average molecular weight is 286 g/mol. The third-order valence-corrected chi connectivity index (χ3v) is 4.23. The molecule has 0 saturated carbocycles. The second-order valence-corrected chi connectivity index (χ2v) is 5.55. The minimum absolute atomic E-state index is 0.00615. The van der Waals surface area contributed by atoms with Gasteiger partial charge in [-0.05, 0) is 25.3 Å². The largest absolute Gasteiger partial charge is 0.507 e. The van der Waals surface area contributed by atoms with Crippen LogP contribution < -0.4 is 4.74 Å². The summed E-state index contributed by atoms with van der Waals surface area (Å²) < 4.78 is 10.5. The van der Waals surface area contributed by atoms with Gasteiger partial charge in [-0.15, -0.1) is 0 Å². The smallest absolute Gasteiger partial charge is 0.342 e. The maximum Gasteiger partial charge on any atom is 0.342 e. The Bertz CT molecular complexity index is 683. The van der Waals surface area contributed by atoms with E-state index >= 15 is 0 Å². The Labute approximate surface area is 123 Å². The van der Waals surface area contributed by atoms with Crippen LogP contribution in [0.15, 0.2) is 23.8 Å². The van der Waals surface area contributed by atoms with Crippen LogP contribution in [0.3, 0.4) is 0 Å². The number of carbonyl (C=O) groups excluding carboxylic acids is 1. The lowest BCUT2D eigenvalue weighted by Crippen LogP contribution is -2.04. The van der Waals surface area contributed by atoms with Crippen LogP contribution in [0.2, 0.25) is 0 Å². The molecule has 1 N–H and O–H groups in total. The summed E-state index contributed by atoms with van der Waals surface area (Å²) >= 11 is 0. The number of fused-ring (bicyclic) bond motifs is 1. The number of ether oxygens (including phenoxy) is 2. The molecule has 1 heterocycles. The molecule has 1 aromatic rings. The number of aromatic hydroxyl groups is 1. The number of carbonyl (C=O) groups is 1. The fraction of sp³-hybridized carbons (Fsp3) is 0.353. The van der Waals surface area contributed by atoms with Gasteiger partial charge in [-0.1, -0.05) is 23.8 Å². The first-order valence-corrected chi connectivity index (χ1v) is 6.98. The zero-order valence-corrected chi connectivity index (χ0v) is 12.3. The molecule has 1 aliphatic heterocycles. The van der Waals surface area contributed by atoms with Crippen molar-refractivity contribution in [2.45, 2.75) is 32.8 Å². The van der Waals surface area contributed by atoms with Gasteiger partial charge in [0.05, 0.1) is 7.11 Å². The third-order valence-electron chi connectivity index (χ3n) is 4.23. The number of benzene rings is 1. The summed E-state index contributed by atoms with van der Waals surface area (Å²) in [5.41, 5.74) is 4.83. The summed E-state index contributed by atoms with van der Waals surface area (Å²) in [5.74, 6) is 0.177. The second-order valence-electron chi connectivity index (χ2n) is 5.55. The van der Waals surface area contributed by atoms with Crippen molar-refractivity contribution in [3.63, 3.8) is 0 Å². The summed E-state index contributed by atoms with van der Waals surface area (Å²) in [7, 11) is 1.58. The Kier molecular flexibility index (Phi) is 3.24. The van der Waals surface area contributed by atoms with Crippen molar-refractivity contribution in [1.29, 1.82) is 0 Å². The number of methoxy groups -OCH3 is 1. The molecule has 0 amide bonds. The molecule has 0 fully saturated rings. The normalized spacial score (nSPS) is 16.8. The monoisotopic (exact) mass is 286 g/mol. The van der Waals surface area contributed by atoms with Crippen LogP contribution in [0.1, 0.15) is 39.9 Å². The number of allylic oxidation sites excluding steroid dienone is 3. The van der Waals surface area contributed by atoms with Gasteiger partial charge in [-0.2, -0.15) is 0 Å². The topological polar surface area (TPSA) is 55.8 Å². The standard InChI is InChI=1S/C17H18O4/c1-9-4-5-11(6-9)7-12-15(18)14-13(8-21-17(14)19)10(2)16(12)20-3/h6,18H,1,4-5,7-8H2,2-3H3. The predicted molar refractivity (Wildman–Crippen MR) is 78.7 cm³/mol. The minimum atomic E-state index is -0.459. The van der Waals surface area contributed by atoms with Crippen molar-refractivity contribution in [3.05, 3.63) is 46.1 Å². The van der Waals surface area contributed by atoms with E-state index in [0.717, 1.165) is 29.5 Å². The quantitative estimate of drug-likeness (QED) is 0.867. The van der Waals surface area contributed by atoms with Crippen molar-refractivity contribution in [2.24, 2.45) is 0 Å². The van der Waals surface area contributed by atoms with Gasteiger partial charge in [0.25, 0.3) is 0 Å². The Morgan fingerprint density at radius 1 is 1.43 bits per heavy atom. The van der Waals surface area contributed by atoms with Crippen LogP contribution in [-0.2, 0) is 17.8 Å². The first-order chi connectivity index (χ1) is 10.0. The third kappa shape index (κ3) is 2.11. The van der Waals surface area contributed by atoms with Gasteiger partial charge in [0, 0.05) is 17.5 Å². The molecule has 4 nitrogen and oxygen atoms in total. The van der Waals surface area contributed by atoms with Crippen molar-refractivity contribution >= 4 is 5.97 Å². The highest BCUT2D eigenvalue weighted by Gasteiger charge is 2.32. The Hall–Kier alpha value is -2.23. The summed E-state index contributed by atoms with van der Waals surface area (Å²) in [5, 5.41) is 10.5. The summed E-state index contributed by atoms with van der Waals surface area (Å²) in [4.78, 5) is 11.8. The van der Waals surface area contributed by atoms with E-state index in [1.165, 1.54) is 5.57 Å². The lowest BCUT2D eigenvalue weighted by molar-refractivity contribution is 0.0533. The number of hydrogen-bond acceptors (Lipinski definition) is 4. The van der Waals surface area contributed by atoms with E-state index in [9.17, 15) is 9.90 Å². The molecule has 21 heavy (non-hydrogen) atoms. The molecule has 2 aliphatic rings. The predicted octanol–water partition coefficient (Wildman–Crippen LogP) is 3.20. The van der Waals surface area contributed by atoms with Crippen LogP contribution in [0.4, 0.5) is 0 Å². The zero-order valence-electron chi connectivity index (χ0n) is 12.3. The molecule has 0 atom stereocenters. The SMILES string of the molecule is C=C1C=C(Cc2c(O)c3c(c(C)c2OC)COC3=O)CC1. The van der Waals surface area contributed by atoms with E-state index in [-0.39, 0.29) is 12.4 Å². The lowest BCUT2D eigenvalue weighted by Gasteiger charge is -2.16. The number of cyclic esters (lactones) is 1. The first-order valence-electron chi connectivity index (χ1n) is 6.98. The molecule has 110 valence electrons. The molecule has 1 aromatic carbocycles. The van der Waals surface area contributed by atoms with Gasteiger partial charge < -0.3 is 14.6 Å². The molecule has 0 aromatic heterocycles. The van der Waals surface area contributed by atoms with Gasteiger partial charge in [-0.25, -0.2) is 4.79 Å². The van der Waals surface area contributed by atoms with E-state index in [4.69, 9.17) is 9.47 Å². The van der Waals surface area contributed by atoms with Crippen LogP contribution in [0.5, 0.6) is 11.5 Å². The van der Waals surface area contributed by atoms with Gasteiger partial charge >= 0.3 is 5.97 Å². The summed E-state index contributed by atoms with van der Waals surface area (Å²) in [6, 6.07) is 0. The average Bonchev–Trinajstić information content (AvgIpc) is 3.03. The molecular weight excluding hydrogens is 268 g/mol. The van der Waals surface area contributed by atoms with Gasteiger partial charge in [-0.3, -0.25) is 0 Å².